The highest BCUT2D eigenvalue weighted by atomic mass is 19.4. The molecular weight excluding hydrogens is 373 g/mol. The fraction of sp³-hybridized carbons (Fsp3) is 0.250. The second-order valence-electron chi connectivity index (χ2n) is 6.55. The van der Waals surface area contributed by atoms with Gasteiger partial charge in [-0.25, -0.2) is 0 Å². The van der Waals surface area contributed by atoms with Gasteiger partial charge in [-0.2, -0.15) is 13.2 Å². The van der Waals surface area contributed by atoms with E-state index < -0.39 is 28.9 Å². The van der Waals surface area contributed by atoms with Crippen LogP contribution >= 0.6 is 0 Å². The first kappa shape index (κ1) is 19.6. The average Bonchev–Trinajstić information content (AvgIpc) is 2.86. The molecule has 8 heteroatoms. The lowest BCUT2D eigenvalue weighted by Gasteiger charge is -2.11. The first-order valence-electron chi connectivity index (χ1n) is 8.64. The van der Waals surface area contributed by atoms with Crippen molar-refractivity contribution in [2.75, 3.05) is 0 Å². The van der Waals surface area contributed by atoms with Crippen LogP contribution in [0.3, 0.4) is 0 Å². The second-order valence-corrected chi connectivity index (χ2v) is 6.55. The molecule has 1 aliphatic rings. The van der Waals surface area contributed by atoms with Gasteiger partial charge in [-0.05, 0) is 31.5 Å². The van der Waals surface area contributed by atoms with Crippen LogP contribution in [0.2, 0.25) is 0 Å². The van der Waals surface area contributed by atoms with Crippen molar-refractivity contribution in [2.24, 2.45) is 0 Å². The van der Waals surface area contributed by atoms with Crippen molar-refractivity contribution in [3.05, 3.63) is 74.2 Å². The van der Waals surface area contributed by atoms with Crippen LogP contribution in [0.5, 0.6) is 0 Å². The predicted octanol–water partition coefficient (Wildman–Crippen LogP) is 3.84. The molecule has 3 rings (SSSR count). The number of carbonyl (C=O) groups excluding carboxylic acids is 2. The number of benzene rings is 1. The lowest BCUT2D eigenvalue weighted by atomic mass is 10.0. The lowest BCUT2D eigenvalue weighted by molar-refractivity contribution is -0.141. The smallest absolute Gasteiger partial charge is 0.321 e. The van der Waals surface area contributed by atoms with Gasteiger partial charge in [0.05, 0.1) is 5.70 Å². The summed E-state index contributed by atoms with van der Waals surface area (Å²) in [6.45, 7) is 3.72. The molecule has 1 amide bonds. The summed E-state index contributed by atoms with van der Waals surface area (Å²) >= 11 is 0. The van der Waals surface area contributed by atoms with Gasteiger partial charge in [-0.3, -0.25) is 14.4 Å². The third kappa shape index (κ3) is 3.49. The zero-order chi connectivity index (χ0) is 20.6. The van der Waals surface area contributed by atoms with Crippen LogP contribution in [-0.4, -0.2) is 16.7 Å². The lowest BCUT2D eigenvalue weighted by Crippen LogP contribution is -2.30. The number of nitrogens with one attached hydrogen (secondary N) is 2. The van der Waals surface area contributed by atoms with Gasteiger partial charge in [0.15, 0.2) is 5.78 Å². The highest BCUT2D eigenvalue weighted by Crippen LogP contribution is 2.34. The second kappa shape index (κ2) is 7.10. The van der Waals surface area contributed by atoms with Crippen LogP contribution in [0.4, 0.5) is 13.2 Å². The number of hydrogen-bond donors (Lipinski definition) is 2. The molecule has 1 aliphatic carbocycles. The number of halogens is 3. The van der Waals surface area contributed by atoms with Gasteiger partial charge in [0.2, 0.25) is 0 Å². The Morgan fingerprint density at radius 3 is 2.43 bits per heavy atom. The number of aryl methyl sites for hydroxylation is 1. The molecular formula is C20H17F3N2O3. The van der Waals surface area contributed by atoms with E-state index >= 15 is 0 Å². The maximum Gasteiger partial charge on any atom is 0.431 e. The molecule has 5 nitrogen and oxygen atoms in total. The number of aromatic nitrogens is 1. The summed E-state index contributed by atoms with van der Waals surface area (Å²) in [6, 6.07) is 6.67. The number of carbonyl (C=O) groups is 2. The first-order chi connectivity index (χ1) is 13.1. The summed E-state index contributed by atoms with van der Waals surface area (Å²) in [5, 5.41) is 2.56. The van der Waals surface area contributed by atoms with Crippen LogP contribution in [0, 0.1) is 6.92 Å². The van der Waals surface area contributed by atoms with Crippen LogP contribution in [0.25, 0.3) is 5.70 Å². The van der Waals surface area contributed by atoms with Crippen molar-refractivity contribution in [2.45, 2.75) is 32.9 Å². The molecule has 146 valence electrons. The summed E-state index contributed by atoms with van der Waals surface area (Å²) in [6.07, 6.45) is -3.64. The maximum absolute atomic E-state index is 12.7. The van der Waals surface area contributed by atoms with E-state index in [1.54, 1.807) is 23.2 Å². The molecule has 0 saturated heterocycles. The number of rotatable bonds is 4. The number of allylic oxidation sites excluding steroid dienone is 1. The Bertz CT molecular complexity index is 1070. The largest absolute Gasteiger partial charge is 0.431 e. The normalized spacial score (nSPS) is 13.7. The van der Waals surface area contributed by atoms with Gasteiger partial charge in [0.25, 0.3) is 11.5 Å². The SMILES string of the molecule is CCCC1=C(NC(=O)c2ccc(C(F)(F)F)[nH]c2=O)c2cc(C)ccc2C1=O. The number of ketones is 1. The van der Waals surface area contributed by atoms with E-state index in [9.17, 15) is 27.6 Å². The minimum atomic E-state index is -4.72. The highest BCUT2D eigenvalue weighted by Gasteiger charge is 2.33. The van der Waals surface area contributed by atoms with Gasteiger partial charge in [-0.1, -0.05) is 31.0 Å². The van der Waals surface area contributed by atoms with Crippen LogP contribution < -0.4 is 10.9 Å². The molecule has 0 saturated carbocycles. The van der Waals surface area contributed by atoms with Gasteiger partial charge in [-0.15, -0.1) is 0 Å². The Morgan fingerprint density at radius 1 is 1.11 bits per heavy atom. The first-order valence-corrected chi connectivity index (χ1v) is 8.64. The molecule has 2 aromatic rings. The Morgan fingerprint density at radius 2 is 1.82 bits per heavy atom. The molecule has 0 radical (unpaired) electrons. The Labute approximate surface area is 158 Å². The highest BCUT2D eigenvalue weighted by molar-refractivity contribution is 6.22. The van der Waals surface area contributed by atoms with Gasteiger partial charge >= 0.3 is 6.18 Å². The minimum absolute atomic E-state index is 0.200. The molecule has 0 aliphatic heterocycles. The molecule has 2 N–H and O–H groups in total. The number of H-pyrrole nitrogens is 1. The van der Waals surface area contributed by atoms with Gasteiger partial charge in [0, 0.05) is 16.7 Å². The maximum atomic E-state index is 12.7. The van der Waals surface area contributed by atoms with Crippen LogP contribution in [0.1, 0.15) is 57.3 Å². The number of aromatic amines is 1. The number of hydrogen-bond acceptors (Lipinski definition) is 3. The average molecular weight is 390 g/mol. The van der Waals surface area contributed by atoms with E-state index in [2.05, 4.69) is 5.32 Å². The molecule has 1 heterocycles. The Hall–Kier alpha value is -3.16. The topological polar surface area (TPSA) is 79.0 Å². The fourth-order valence-corrected chi connectivity index (χ4v) is 3.13. The molecule has 0 spiro atoms. The quantitative estimate of drug-likeness (QED) is 0.833. The molecule has 1 aromatic heterocycles. The molecule has 0 fully saturated rings. The summed E-state index contributed by atoms with van der Waals surface area (Å²) in [7, 11) is 0. The van der Waals surface area contributed by atoms with Gasteiger partial charge in [0.1, 0.15) is 11.3 Å². The molecule has 0 unspecified atom stereocenters. The summed E-state index contributed by atoms with van der Waals surface area (Å²) in [5.74, 6) is -1.07. The van der Waals surface area contributed by atoms with Crippen molar-refractivity contribution >= 4 is 17.4 Å². The van der Waals surface area contributed by atoms with Crippen molar-refractivity contribution < 1.29 is 22.8 Å². The Balaban J connectivity index is 2.00. The number of amides is 1. The molecule has 1 aromatic carbocycles. The number of pyridine rings is 1. The van der Waals surface area contributed by atoms with E-state index in [1.165, 1.54) is 0 Å². The third-order valence-electron chi connectivity index (χ3n) is 4.46. The standard InChI is InChI=1S/C20H17F3N2O3/c1-3-4-12-16(14-9-10(2)5-6-11(14)17(12)26)25-19(28)13-7-8-15(20(21,22)23)24-18(13)27/h5-9H,3-4H2,1-2H3,(H,24,27)(H,25,28). The van der Waals surface area contributed by atoms with E-state index in [1.807, 2.05) is 13.8 Å². The van der Waals surface area contributed by atoms with E-state index in [-0.39, 0.29) is 5.78 Å². The van der Waals surface area contributed by atoms with E-state index in [4.69, 9.17) is 0 Å². The predicted molar refractivity (Wildman–Crippen MR) is 96.9 cm³/mol. The van der Waals surface area contributed by atoms with Crippen molar-refractivity contribution in [1.82, 2.24) is 10.3 Å². The monoisotopic (exact) mass is 390 g/mol. The zero-order valence-electron chi connectivity index (χ0n) is 15.2. The van der Waals surface area contributed by atoms with Gasteiger partial charge < -0.3 is 10.3 Å². The summed E-state index contributed by atoms with van der Waals surface area (Å²) in [5.41, 5.74) is -0.269. The Kier molecular flexibility index (Phi) is 4.97. The van der Waals surface area contributed by atoms with Crippen LogP contribution in [-0.2, 0) is 6.18 Å². The van der Waals surface area contributed by atoms with Crippen molar-refractivity contribution in [1.29, 1.82) is 0 Å². The summed E-state index contributed by atoms with van der Waals surface area (Å²) in [4.78, 5) is 38.9. The number of alkyl halides is 3. The number of fused-ring (bicyclic) bond motifs is 1. The van der Waals surface area contributed by atoms with E-state index in [0.717, 1.165) is 11.6 Å². The van der Waals surface area contributed by atoms with Crippen LogP contribution in [0.15, 0.2) is 40.7 Å². The minimum Gasteiger partial charge on any atom is -0.321 e. The fourth-order valence-electron chi connectivity index (χ4n) is 3.13. The third-order valence-corrected chi connectivity index (χ3v) is 4.46. The van der Waals surface area contributed by atoms with Crippen molar-refractivity contribution in [3.8, 4) is 0 Å². The summed E-state index contributed by atoms with van der Waals surface area (Å²) < 4.78 is 38.1. The number of Topliss-reactive ketones (excluding diaryl/α,β-unsaturated/α-hetero) is 1. The molecule has 0 bridgehead atoms. The molecule has 28 heavy (non-hydrogen) atoms. The zero-order valence-corrected chi connectivity index (χ0v) is 15.2. The molecule has 0 atom stereocenters. The van der Waals surface area contributed by atoms with Crippen molar-refractivity contribution in [3.63, 3.8) is 0 Å². The van der Waals surface area contributed by atoms with E-state index in [0.29, 0.717) is 41.3 Å².